The van der Waals surface area contributed by atoms with Crippen molar-refractivity contribution in [2.45, 2.75) is 18.7 Å². The van der Waals surface area contributed by atoms with E-state index in [-0.39, 0.29) is 6.84 Å². The molecule has 5 heteroatoms. The fourth-order valence-corrected chi connectivity index (χ4v) is 4.67. The molecule has 2 aliphatic heterocycles. The highest BCUT2D eigenvalue weighted by atomic mass is 32.2. The van der Waals surface area contributed by atoms with E-state index >= 15 is 0 Å². The summed E-state index contributed by atoms with van der Waals surface area (Å²) in [5.74, 6) is 0. The molecule has 0 aliphatic carbocycles. The third-order valence-corrected chi connectivity index (χ3v) is 5.92. The standard InChI is InChI=1S/C13H18N2O2S.H2/c1-10-3-4-12(11(2)5-10)18(16,17)15-8-13(9-15)6-14-7-13;/h3-5,14H,6-9H2,1-2H3;1H. The molecular formula is C13H20N2O2S. The van der Waals surface area contributed by atoms with Gasteiger partial charge in [-0.2, -0.15) is 4.31 Å². The van der Waals surface area contributed by atoms with E-state index in [0.717, 1.165) is 24.2 Å². The maximum Gasteiger partial charge on any atom is 0.243 e. The van der Waals surface area contributed by atoms with E-state index in [2.05, 4.69) is 5.32 Å². The van der Waals surface area contributed by atoms with Crippen LogP contribution in [0, 0.1) is 19.3 Å². The molecule has 2 fully saturated rings. The lowest BCUT2D eigenvalue weighted by molar-refractivity contribution is 0.0164. The number of nitrogens with one attached hydrogen (secondary N) is 1. The number of rotatable bonds is 2. The van der Waals surface area contributed by atoms with Gasteiger partial charge in [-0.05, 0) is 25.5 Å². The molecule has 1 N–H and O–H groups in total. The minimum Gasteiger partial charge on any atom is -0.315 e. The monoisotopic (exact) mass is 268 g/mol. The van der Waals surface area contributed by atoms with Crippen LogP contribution in [0.2, 0.25) is 0 Å². The van der Waals surface area contributed by atoms with Crippen LogP contribution in [0.5, 0.6) is 0 Å². The lowest BCUT2D eigenvalue weighted by Crippen LogP contribution is -2.71. The van der Waals surface area contributed by atoms with Gasteiger partial charge in [-0.15, -0.1) is 0 Å². The molecule has 0 radical (unpaired) electrons. The van der Waals surface area contributed by atoms with Gasteiger partial charge in [0.15, 0.2) is 0 Å². The zero-order chi connectivity index (χ0) is 13.0. The van der Waals surface area contributed by atoms with Crippen LogP contribution in [0.3, 0.4) is 0 Å². The van der Waals surface area contributed by atoms with Crippen LogP contribution >= 0.6 is 0 Å². The molecule has 0 saturated carbocycles. The highest BCUT2D eigenvalue weighted by Gasteiger charge is 2.51. The number of hydrogen-bond donors (Lipinski definition) is 1. The zero-order valence-electron chi connectivity index (χ0n) is 10.7. The molecule has 1 spiro atoms. The molecule has 100 valence electrons. The first-order valence-corrected chi connectivity index (χ1v) is 7.65. The molecule has 0 unspecified atom stereocenters. The Morgan fingerprint density at radius 2 is 1.94 bits per heavy atom. The van der Waals surface area contributed by atoms with Crippen LogP contribution in [0.25, 0.3) is 0 Å². The summed E-state index contributed by atoms with van der Waals surface area (Å²) in [6.45, 7) is 7.06. The van der Waals surface area contributed by atoms with Crippen molar-refractivity contribution in [3.8, 4) is 0 Å². The Morgan fingerprint density at radius 3 is 2.44 bits per heavy atom. The lowest BCUT2D eigenvalue weighted by Gasteiger charge is -2.55. The van der Waals surface area contributed by atoms with Crippen molar-refractivity contribution >= 4 is 10.0 Å². The van der Waals surface area contributed by atoms with Crippen molar-refractivity contribution in [1.82, 2.24) is 9.62 Å². The van der Waals surface area contributed by atoms with Gasteiger partial charge < -0.3 is 5.32 Å². The average molecular weight is 268 g/mol. The molecule has 1 aromatic rings. The van der Waals surface area contributed by atoms with Crippen LogP contribution in [0.15, 0.2) is 23.1 Å². The second-order valence-corrected chi connectivity index (χ2v) is 7.55. The summed E-state index contributed by atoms with van der Waals surface area (Å²) in [7, 11) is -3.29. The first-order valence-electron chi connectivity index (χ1n) is 6.21. The minimum absolute atomic E-state index is 0. The van der Waals surface area contributed by atoms with Crippen molar-refractivity contribution in [3.05, 3.63) is 29.3 Å². The van der Waals surface area contributed by atoms with Crippen LogP contribution < -0.4 is 5.32 Å². The molecular weight excluding hydrogens is 248 g/mol. The largest absolute Gasteiger partial charge is 0.315 e. The van der Waals surface area contributed by atoms with Gasteiger partial charge in [0.05, 0.1) is 4.90 Å². The maximum absolute atomic E-state index is 12.5. The Labute approximate surface area is 110 Å². The quantitative estimate of drug-likeness (QED) is 0.875. The summed E-state index contributed by atoms with van der Waals surface area (Å²) < 4.78 is 26.6. The van der Waals surface area contributed by atoms with Gasteiger partial charge in [-0.25, -0.2) is 8.42 Å². The van der Waals surface area contributed by atoms with Crippen molar-refractivity contribution in [2.75, 3.05) is 26.2 Å². The maximum atomic E-state index is 12.5. The first kappa shape index (κ1) is 12.1. The average Bonchev–Trinajstić information content (AvgIpc) is 2.11. The second-order valence-electron chi connectivity index (χ2n) is 5.65. The van der Waals surface area contributed by atoms with Gasteiger partial charge in [0.25, 0.3) is 0 Å². The van der Waals surface area contributed by atoms with Gasteiger partial charge in [0, 0.05) is 33.0 Å². The fraction of sp³-hybridized carbons (Fsp3) is 0.538. The van der Waals surface area contributed by atoms with E-state index in [1.165, 1.54) is 0 Å². The zero-order valence-corrected chi connectivity index (χ0v) is 11.5. The van der Waals surface area contributed by atoms with Crippen molar-refractivity contribution in [1.29, 1.82) is 0 Å². The molecule has 18 heavy (non-hydrogen) atoms. The SMILES string of the molecule is Cc1ccc(S(=O)(=O)N2CC3(CNC3)C2)c(C)c1.[HH]. The predicted molar refractivity (Wildman–Crippen MR) is 72.1 cm³/mol. The number of nitrogens with zero attached hydrogens (tertiary/aromatic N) is 1. The van der Waals surface area contributed by atoms with Crippen LogP contribution in [0.4, 0.5) is 0 Å². The summed E-state index contributed by atoms with van der Waals surface area (Å²) in [6.07, 6.45) is 0. The summed E-state index contributed by atoms with van der Waals surface area (Å²) >= 11 is 0. The van der Waals surface area contributed by atoms with Crippen molar-refractivity contribution in [2.24, 2.45) is 5.41 Å². The Kier molecular flexibility index (Phi) is 2.56. The topological polar surface area (TPSA) is 49.4 Å². The number of sulfonamides is 1. The van der Waals surface area contributed by atoms with Crippen molar-refractivity contribution in [3.63, 3.8) is 0 Å². The molecule has 2 saturated heterocycles. The number of aryl methyl sites for hydroxylation is 2. The summed E-state index contributed by atoms with van der Waals surface area (Å²) in [6, 6.07) is 5.51. The normalized spacial score (nSPS) is 22.6. The van der Waals surface area contributed by atoms with Gasteiger partial charge in [-0.3, -0.25) is 0 Å². The van der Waals surface area contributed by atoms with E-state index in [1.807, 2.05) is 26.0 Å². The summed E-state index contributed by atoms with van der Waals surface area (Å²) in [4.78, 5) is 0.454. The second kappa shape index (κ2) is 3.79. The molecule has 2 heterocycles. The highest BCUT2D eigenvalue weighted by molar-refractivity contribution is 7.89. The summed E-state index contributed by atoms with van der Waals surface area (Å²) in [5, 5.41) is 3.21. The van der Waals surface area contributed by atoms with Crippen LogP contribution in [-0.2, 0) is 10.0 Å². The Bertz CT molecular complexity index is 589. The Balaban J connectivity index is 0.00000133. The highest BCUT2D eigenvalue weighted by Crippen LogP contribution is 2.38. The molecule has 0 amide bonds. The number of hydrogen-bond acceptors (Lipinski definition) is 3. The van der Waals surface area contributed by atoms with Crippen LogP contribution in [-0.4, -0.2) is 38.9 Å². The van der Waals surface area contributed by atoms with Gasteiger partial charge >= 0.3 is 0 Å². The molecule has 3 rings (SSSR count). The van der Waals surface area contributed by atoms with Gasteiger partial charge in [0.1, 0.15) is 0 Å². The van der Waals surface area contributed by atoms with Gasteiger partial charge in [-0.1, -0.05) is 17.7 Å². The van der Waals surface area contributed by atoms with E-state index in [1.54, 1.807) is 10.4 Å². The van der Waals surface area contributed by atoms with E-state index in [4.69, 9.17) is 0 Å². The lowest BCUT2D eigenvalue weighted by atomic mass is 9.76. The van der Waals surface area contributed by atoms with E-state index in [9.17, 15) is 8.42 Å². The van der Waals surface area contributed by atoms with Crippen LogP contribution in [0.1, 0.15) is 12.6 Å². The fourth-order valence-electron chi connectivity index (χ4n) is 2.80. The first-order chi connectivity index (χ1) is 8.43. The summed E-state index contributed by atoms with van der Waals surface area (Å²) in [5.41, 5.74) is 2.16. The molecule has 0 bridgehead atoms. The van der Waals surface area contributed by atoms with E-state index in [0.29, 0.717) is 18.0 Å². The minimum atomic E-state index is -3.29. The molecule has 0 aromatic heterocycles. The third kappa shape index (κ3) is 1.69. The molecule has 1 aromatic carbocycles. The predicted octanol–water partition coefficient (Wildman–Crippen LogP) is 1.14. The van der Waals surface area contributed by atoms with E-state index < -0.39 is 10.0 Å². The Hall–Kier alpha value is -0.910. The Morgan fingerprint density at radius 1 is 1.28 bits per heavy atom. The molecule has 4 nitrogen and oxygen atoms in total. The van der Waals surface area contributed by atoms with Gasteiger partial charge in [0.2, 0.25) is 10.0 Å². The smallest absolute Gasteiger partial charge is 0.243 e. The third-order valence-electron chi connectivity index (χ3n) is 3.97. The van der Waals surface area contributed by atoms with Crippen molar-refractivity contribution < 1.29 is 9.84 Å². The number of benzene rings is 1. The molecule has 2 aliphatic rings. The molecule has 0 atom stereocenters.